The van der Waals surface area contributed by atoms with E-state index in [1.165, 1.54) is 13.1 Å². The Labute approximate surface area is 93.0 Å². The van der Waals surface area contributed by atoms with Crippen molar-refractivity contribution in [2.75, 3.05) is 6.26 Å². The van der Waals surface area contributed by atoms with E-state index in [1.54, 1.807) is 11.8 Å². The number of carbonyl (C=O) groups is 1. The van der Waals surface area contributed by atoms with E-state index >= 15 is 0 Å². The van der Waals surface area contributed by atoms with E-state index in [4.69, 9.17) is 11.6 Å². The van der Waals surface area contributed by atoms with E-state index in [1.807, 2.05) is 20.1 Å². The van der Waals surface area contributed by atoms with Crippen molar-refractivity contribution in [1.82, 2.24) is 0 Å². The molecule has 0 aromatic carbocycles. The van der Waals surface area contributed by atoms with E-state index in [0.29, 0.717) is 0 Å². The highest BCUT2D eigenvalue weighted by Gasteiger charge is 2.13. The predicted molar refractivity (Wildman–Crippen MR) is 59.0 cm³/mol. The molecule has 0 N–H and O–H groups in total. The van der Waals surface area contributed by atoms with Gasteiger partial charge >= 0.3 is 6.16 Å². The fraction of sp³-hybridized carbons (Fsp3) is 0.750. The number of rotatable bonds is 4. The lowest BCUT2D eigenvalue weighted by Gasteiger charge is -2.13. The molecule has 0 aliphatic carbocycles. The number of alkyl halides is 1. The number of ether oxygens (including phenoxy) is 1. The first-order valence-corrected chi connectivity index (χ1v) is 5.65. The number of halogens is 1. The lowest BCUT2D eigenvalue weighted by atomic mass is 10.2. The molecule has 0 amide bonds. The standard InChI is InChI=1S/C8H14ClNO3S/c1-6(9)12-7(11)13-10-5-8(2,3)14-4/h5-6H,1-4H3. The normalized spacial score (nSPS) is 14.1. The van der Waals surface area contributed by atoms with E-state index in [9.17, 15) is 4.79 Å². The summed E-state index contributed by atoms with van der Waals surface area (Å²) in [7, 11) is 0. The summed E-state index contributed by atoms with van der Waals surface area (Å²) in [5.41, 5.74) is -0.716. The Kier molecular flexibility index (Phi) is 5.95. The summed E-state index contributed by atoms with van der Waals surface area (Å²) in [6, 6.07) is 0. The second-order valence-corrected chi connectivity index (χ2v) is 5.12. The predicted octanol–water partition coefficient (Wildman–Crippen LogP) is 2.85. The van der Waals surface area contributed by atoms with Crippen LogP contribution in [0.2, 0.25) is 0 Å². The lowest BCUT2D eigenvalue weighted by Crippen LogP contribution is -2.16. The molecule has 0 aromatic rings. The molecular weight excluding hydrogens is 226 g/mol. The van der Waals surface area contributed by atoms with Crippen LogP contribution in [0.25, 0.3) is 0 Å². The Morgan fingerprint density at radius 2 is 2.21 bits per heavy atom. The number of hydrogen-bond acceptors (Lipinski definition) is 5. The van der Waals surface area contributed by atoms with Crippen molar-refractivity contribution < 1.29 is 14.4 Å². The van der Waals surface area contributed by atoms with Gasteiger partial charge in [0.05, 0.1) is 6.21 Å². The molecule has 1 atom stereocenters. The Balaban J connectivity index is 3.88. The van der Waals surface area contributed by atoms with E-state index in [0.717, 1.165) is 0 Å². The molecule has 14 heavy (non-hydrogen) atoms. The first kappa shape index (κ1) is 13.6. The second-order valence-electron chi connectivity index (χ2n) is 3.04. The van der Waals surface area contributed by atoms with Crippen LogP contribution in [0.5, 0.6) is 0 Å². The Morgan fingerprint density at radius 3 is 2.64 bits per heavy atom. The molecule has 0 aliphatic rings. The third kappa shape index (κ3) is 7.03. The number of hydrogen-bond donors (Lipinski definition) is 0. The summed E-state index contributed by atoms with van der Waals surface area (Å²) in [4.78, 5) is 15.2. The molecule has 4 nitrogen and oxygen atoms in total. The average molecular weight is 240 g/mol. The lowest BCUT2D eigenvalue weighted by molar-refractivity contribution is 0.0520. The van der Waals surface area contributed by atoms with Gasteiger partial charge in [-0.2, -0.15) is 11.8 Å². The maximum Gasteiger partial charge on any atom is 0.536 e. The Morgan fingerprint density at radius 1 is 1.64 bits per heavy atom. The molecule has 0 saturated carbocycles. The van der Waals surface area contributed by atoms with Crippen LogP contribution in [0.3, 0.4) is 0 Å². The third-order valence-corrected chi connectivity index (χ3v) is 2.52. The highest BCUT2D eigenvalue weighted by atomic mass is 35.5. The van der Waals surface area contributed by atoms with Gasteiger partial charge in [0.15, 0.2) is 5.56 Å². The van der Waals surface area contributed by atoms with E-state index in [-0.39, 0.29) is 4.75 Å². The maximum absolute atomic E-state index is 10.8. The monoisotopic (exact) mass is 239 g/mol. The van der Waals surface area contributed by atoms with Gasteiger partial charge in [-0.1, -0.05) is 16.8 Å². The van der Waals surface area contributed by atoms with Gasteiger partial charge in [-0.25, -0.2) is 4.79 Å². The first-order chi connectivity index (χ1) is 6.37. The summed E-state index contributed by atoms with van der Waals surface area (Å²) in [5, 5.41) is 3.49. The zero-order chi connectivity index (χ0) is 11.2. The molecule has 0 aliphatic heterocycles. The van der Waals surface area contributed by atoms with Crippen molar-refractivity contribution >= 4 is 35.7 Å². The summed E-state index contributed by atoms with van der Waals surface area (Å²) >= 11 is 6.97. The van der Waals surface area contributed by atoms with Crippen molar-refractivity contribution in [2.24, 2.45) is 5.16 Å². The molecule has 6 heteroatoms. The molecule has 0 rings (SSSR count). The summed E-state index contributed by atoms with van der Waals surface area (Å²) in [5.74, 6) is 0. The average Bonchev–Trinajstić information content (AvgIpc) is 2.02. The van der Waals surface area contributed by atoms with Gasteiger partial charge in [0.2, 0.25) is 0 Å². The molecule has 0 heterocycles. The molecular formula is C8H14ClNO3S. The summed E-state index contributed by atoms with van der Waals surface area (Å²) < 4.78 is 4.31. The molecule has 0 fully saturated rings. The molecule has 0 saturated heterocycles. The number of carbonyl (C=O) groups excluding carboxylic acids is 1. The van der Waals surface area contributed by atoms with Crippen LogP contribution >= 0.6 is 23.4 Å². The summed E-state index contributed by atoms with van der Waals surface area (Å²) in [6.07, 6.45) is 2.56. The second kappa shape index (κ2) is 6.14. The molecule has 0 bridgehead atoms. The van der Waals surface area contributed by atoms with Gasteiger partial charge in [0.1, 0.15) is 0 Å². The number of nitrogens with zero attached hydrogens (tertiary/aromatic N) is 1. The van der Waals surface area contributed by atoms with Gasteiger partial charge < -0.3 is 4.74 Å². The van der Waals surface area contributed by atoms with Crippen LogP contribution in [0, 0.1) is 0 Å². The highest BCUT2D eigenvalue weighted by molar-refractivity contribution is 8.00. The first-order valence-electron chi connectivity index (χ1n) is 3.99. The number of thioether (sulfide) groups is 1. The largest absolute Gasteiger partial charge is 0.536 e. The van der Waals surface area contributed by atoms with Gasteiger partial charge in [-0.3, -0.25) is 4.84 Å². The molecule has 0 spiro atoms. The fourth-order valence-corrected chi connectivity index (χ4v) is 0.624. The zero-order valence-corrected chi connectivity index (χ0v) is 10.2. The van der Waals surface area contributed by atoms with Crippen LogP contribution in [0.1, 0.15) is 20.8 Å². The minimum atomic E-state index is -0.902. The molecule has 0 aromatic heterocycles. The van der Waals surface area contributed by atoms with Crippen molar-refractivity contribution in [2.45, 2.75) is 31.1 Å². The van der Waals surface area contributed by atoms with Crippen molar-refractivity contribution in [1.29, 1.82) is 0 Å². The molecule has 0 radical (unpaired) electrons. The minimum Gasteiger partial charge on any atom is -0.413 e. The van der Waals surface area contributed by atoms with Crippen LogP contribution in [0.15, 0.2) is 5.16 Å². The zero-order valence-electron chi connectivity index (χ0n) is 8.61. The van der Waals surface area contributed by atoms with Gasteiger partial charge in [0.25, 0.3) is 0 Å². The Hall–Kier alpha value is -0.420. The van der Waals surface area contributed by atoms with Gasteiger partial charge in [0, 0.05) is 4.75 Å². The highest BCUT2D eigenvalue weighted by Crippen LogP contribution is 2.18. The van der Waals surface area contributed by atoms with Crippen LogP contribution in [-0.2, 0) is 9.57 Å². The topological polar surface area (TPSA) is 47.9 Å². The van der Waals surface area contributed by atoms with E-state index in [2.05, 4.69) is 14.7 Å². The molecule has 1 unspecified atom stereocenters. The van der Waals surface area contributed by atoms with Crippen molar-refractivity contribution in [3.63, 3.8) is 0 Å². The van der Waals surface area contributed by atoms with Gasteiger partial charge in [-0.15, -0.1) is 0 Å². The minimum absolute atomic E-state index is 0.174. The third-order valence-electron chi connectivity index (χ3n) is 1.28. The number of oxime groups is 1. The van der Waals surface area contributed by atoms with Crippen LogP contribution < -0.4 is 0 Å². The SMILES string of the molecule is CSC(C)(C)C=NOC(=O)OC(C)Cl. The summed E-state index contributed by atoms with van der Waals surface area (Å²) in [6.45, 7) is 5.40. The van der Waals surface area contributed by atoms with Gasteiger partial charge in [-0.05, 0) is 27.0 Å². The smallest absolute Gasteiger partial charge is 0.413 e. The van der Waals surface area contributed by atoms with E-state index < -0.39 is 11.7 Å². The quantitative estimate of drug-likeness (QED) is 0.249. The van der Waals surface area contributed by atoms with Crippen LogP contribution in [-0.4, -0.2) is 28.9 Å². The van der Waals surface area contributed by atoms with Crippen molar-refractivity contribution in [3.05, 3.63) is 0 Å². The molecule has 82 valence electrons. The van der Waals surface area contributed by atoms with Crippen molar-refractivity contribution in [3.8, 4) is 0 Å². The maximum atomic E-state index is 10.8. The van der Waals surface area contributed by atoms with Crippen LogP contribution in [0.4, 0.5) is 4.79 Å². The Bertz CT molecular complexity index is 219. The fourth-order valence-electron chi connectivity index (χ4n) is 0.403.